The minimum absolute atomic E-state index is 0.0164. The van der Waals surface area contributed by atoms with Gasteiger partial charge in [-0.05, 0) is 89.1 Å². The molecular formula is C51H55F5N14O2S. The number of rotatable bonds is 13. The van der Waals surface area contributed by atoms with Gasteiger partial charge in [-0.3, -0.25) is 9.80 Å². The number of imidazole rings is 2. The van der Waals surface area contributed by atoms with Gasteiger partial charge in [0.25, 0.3) is 0 Å². The summed E-state index contributed by atoms with van der Waals surface area (Å²) in [5.74, 6) is 0.372. The number of hydrogen-bond acceptors (Lipinski definition) is 14. The number of fused-ring (bicyclic) bond motifs is 4. The molecule has 2 aromatic carbocycles. The monoisotopic (exact) mass is 1020 g/mol. The molecular weight excluding hydrogens is 968 g/mol. The third-order valence-electron chi connectivity index (χ3n) is 12.8. The molecule has 0 saturated heterocycles. The maximum Gasteiger partial charge on any atom is 0.229 e. The maximum absolute atomic E-state index is 15.0. The number of nitrogens with one attached hydrogen (secondary N) is 2. The van der Waals surface area contributed by atoms with Gasteiger partial charge in [0.1, 0.15) is 62.2 Å². The van der Waals surface area contributed by atoms with Gasteiger partial charge in [-0.1, -0.05) is 12.1 Å². The first kappa shape index (κ1) is 50.9. The fourth-order valence-corrected chi connectivity index (χ4v) is 10.1. The average molecular weight is 1020 g/mol. The number of sulfone groups is 1. The highest BCUT2D eigenvalue weighted by molar-refractivity contribution is 7.90. The molecule has 16 nitrogen and oxygen atoms in total. The Labute approximate surface area is 419 Å². The van der Waals surface area contributed by atoms with Crippen molar-refractivity contribution in [3.05, 3.63) is 118 Å². The topological polar surface area (TPSA) is 178 Å². The molecule has 0 fully saturated rings. The Balaban J connectivity index is 0.000000180. The van der Waals surface area contributed by atoms with Crippen LogP contribution >= 0.6 is 0 Å². The van der Waals surface area contributed by atoms with Crippen molar-refractivity contribution >= 4 is 55.4 Å². The summed E-state index contributed by atoms with van der Waals surface area (Å²) >= 11 is 0. The van der Waals surface area contributed by atoms with Crippen molar-refractivity contribution in [2.45, 2.75) is 79.6 Å². The lowest BCUT2D eigenvalue weighted by atomic mass is 10.1. The lowest BCUT2D eigenvalue weighted by molar-refractivity contribution is 0.229. The van der Waals surface area contributed by atoms with Crippen molar-refractivity contribution in [1.29, 1.82) is 0 Å². The van der Waals surface area contributed by atoms with Gasteiger partial charge in [0.05, 0.1) is 29.2 Å². The molecule has 10 rings (SSSR count). The molecule has 22 heteroatoms. The van der Waals surface area contributed by atoms with Crippen molar-refractivity contribution in [1.82, 2.24) is 58.8 Å². The largest absolute Gasteiger partial charge is 0.326 e. The van der Waals surface area contributed by atoms with Gasteiger partial charge in [-0.2, -0.15) is 0 Å². The van der Waals surface area contributed by atoms with Gasteiger partial charge in [-0.15, -0.1) is 0 Å². The Kier molecular flexibility index (Phi) is 14.5. The van der Waals surface area contributed by atoms with Crippen molar-refractivity contribution in [2.24, 2.45) is 0 Å². The van der Waals surface area contributed by atoms with Crippen LogP contribution in [-0.2, 0) is 35.8 Å². The van der Waals surface area contributed by atoms with E-state index >= 15 is 0 Å². The Bertz CT molecular complexity index is 3490. The first-order valence-corrected chi connectivity index (χ1v) is 26.0. The van der Waals surface area contributed by atoms with Crippen molar-refractivity contribution in [3.8, 4) is 22.5 Å². The van der Waals surface area contributed by atoms with Gasteiger partial charge < -0.3 is 19.8 Å². The number of alkyl halides is 1. The van der Waals surface area contributed by atoms with E-state index in [1.54, 1.807) is 24.3 Å². The first-order valence-electron chi connectivity index (χ1n) is 23.9. The predicted octanol–water partition coefficient (Wildman–Crippen LogP) is 9.33. The number of aryl methyl sites for hydroxylation is 2. The second-order valence-electron chi connectivity index (χ2n) is 18.9. The van der Waals surface area contributed by atoms with E-state index in [4.69, 9.17) is 0 Å². The fraction of sp³-hybridized carbons (Fsp3) is 0.373. The molecule has 2 aliphatic rings. The van der Waals surface area contributed by atoms with E-state index in [1.165, 1.54) is 18.4 Å². The van der Waals surface area contributed by atoms with Gasteiger partial charge in [0.15, 0.2) is 23.3 Å². The number of hydrogen-bond donors (Lipinski definition) is 2. The number of halogens is 5. The van der Waals surface area contributed by atoms with E-state index < -0.39 is 33.1 Å². The number of benzene rings is 2. The summed E-state index contributed by atoms with van der Waals surface area (Å²) in [5.41, 5.74) is 6.08. The number of aromatic nitrogens is 10. The highest BCUT2D eigenvalue weighted by atomic mass is 32.2. The quantitative estimate of drug-likeness (QED) is 0.104. The zero-order valence-electron chi connectivity index (χ0n) is 41.5. The molecule has 6 aromatic heterocycles. The summed E-state index contributed by atoms with van der Waals surface area (Å²) in [5, 5.41) is 6.06. The molecule has 0 saturated carbocycles. The highest BCUT2D eigenvalue weighted by Gasteiger charge is 2.23. The molecule has 0 amide bonds. The lowest BCUT2D eigenvalue weighted by Crippen LogP contribution is -2.34. The van der Waals surface area contributed by atoms with Crippen molar-refractivity contribution in [2.75, 3.05) is 55.5 Å². The molecule has 0 aliphatic carbocycles. The third-order valence-corrected chi connectivity index (χ3v) is 13.8. The van der Waals surface area contributed by atoms with E-state index in [0.29, 0.717) is 85.4 Å². The van der Waals surface area contributed by atoms with Crippen LogP contribution in [0.25, 0.3) is 44.6 Å². The predicted molar refractivity (Wildman–Crippen MR) is 270 cm³/mol. The molecule has 0 unspecified atom stereocenters. The van der Waals surface area contributed by atoms with E-state index in [1.807, 2.05) is 62.8 Å². The van der Waals surface area contributed by atoms with Crippen LogP contribution in [0.3, 0.4) is 0 Å². The maximum atomic E-state index is 15.0. The summed E-state index contributed by atoms with van der Waals surface area (Å²) in [7, 11) is -3.02. The van der Waals surface area contributed by atoms with Crippen molar-refractivity contribution in [3.63, 3.8) is 0 Å². The highest BCUT2D eigenvalue weighted by Crippen LogP contribution is 2.33. The van der Waals surface area contributed by atoms with E-state index in [0.717, 1.165) is 41.5 Å². The van der Waals surface area contributed by atoms with Crippen LogP contribution in [0.2, 0.25) is 0 Å². The lowest BCUT2D eigenvalue weighted by Gasteiger charge is -2.28. The number of nitrogens with zero attached hydrogens (tertiary/aromatic N) is 12. The summed E-state index contributed by atoms with van der Waals surface area (Å²) in [6, 6.07) is 13.4. The van der Waals surface area contributed by atoms with Crippen LogP contribution in [0.1, 0.15) is 73.9 Å². The van der Waals surface area contributed by atoms with Crippen LogP contribution in [-0.4, -0.2) is 112 Å². The molecule has 2 aliphatic heterocycles. The van der Waals surface area contributed by atoms with Crippen LogP contribution in [0, 0.1) is 37.1 Å². The van der Waals surface area contributed by atoms with Crippen LogP contribution in [0.4, 0.5) is 45.5 Å². The molecule has 8 aromatic rings. The van der Waals surface area contributed by atoms with Gasteiger partial charge in [0.2, 0.25) is 11.9 Å². The molecule has 0 atom stereocenters. The van der Waals surface area contributed by atoms with Gasteiger partial charge in [0, 0.05) is 93.0 Å². The first-order chi connectivity index (χ1) is 34.8. The van der Waals surface area contributed by atoms with Crippen LogP contribution in [0.15, 0.2) is 60.9 Å². The van der Waals surface area contributed by atoms with Gasteiger partial charge >= 0.3 is 0 Å². The molecule has 0 spiro atoms. The van der Waals surface area contributed by atoms with E-state index in [9.17, 15) is 30.4 Å². The number of anilines is 4. The second-order valence-corrected chi connectivity index (χ2v) is 21.2. The molecule has 73 heavy (non-hydrogen) atoms. The molecule has 8 heterocycles. The summed E-state index contributed by atoms with van der Waals surface area (Å²) in [6.07, 6.45) is 4.74. The molecule has 382 valence electrons. The fourth-order valence-electron chi connectivity index (χ4n) is 9.49. The third kappa shape index (κ3) is 11.2. The zero-order chi connectivity index (χ0) is 51.9. The standard InChI is InChI=1S/C26H29F2N7O2S.C25H26F3N7/c1-15(2)35-16(3)30-25-19(27)11-18(12-22(25)35)24-20(28)13-29-26(33-24)32-23-6-5-17-14-34(8-7-21(17)31-23)9-10-38(4,36)37;1-14(2)35-15(3)30-24-18(27)10-17(11-21(24)35)23-19(28)12-29-25(33-23)32-22-5-4-16-13-34(9-7-26)8-6-20(16)31-22/h5-6,11-13,15H,7-10,14H2,1-4H3,(H,29,31,32,33);4-5,10-12,14H,6-9,13H2,1-3H3,(H,29,31,32,33). The molecule has 0 radical (unpaired) electrons. The minimum atomic E-state index is -3.02. The normalized spacial score (nSPS) is 14.2. The molecule has 2 N–H and O–H groups in total. The van der Waals surface area contributed by atoms with Crippen LogP contribution in [0.5, 0.6) is 0 Å². The Morgan fingerprint density at radius 2 is 1.04 bits per heavy atom. The average Bonchev–Trinajstić information content (AvgIpc) is 3.88. The SMILES string of the molecule is Cc1nc2c(F)cc(-c3nc(Nc4ccc5c(n4)CCN(CCF)C5)ncc3F)cc2n1C(C)C.Cc1nc2c(F)cc(-c3nc(Nc4ccc5c(n4)CCN(CCS(C)(=O)=O)C5)ncc3F)cc2n1C(C)C. The summed E-state index contributed by atoms with van der Waals surface area (Å²) < 4.78 is 98.9. The van der Waals surface area contributed by atoms with Crippen molar-refractivity contribution < 1.29 is 30.4 Å². The van der Waals surface area contributed by atoms with Crippen LogP contribution < -0.4 is 10.6 Å². The van der Waals surface area contributed by atoms with Gasteiger partial charge in [-0.25, -0.2) is 70.2 Å². The van der Waals surface area contributed by atoms with E-state index in [-0.39, 0.29) is 64.4 Å². The Morgan fingerprint density at radius 1 is 0.603 bits per heavy atom. The molecule has 0 bridgehead atoms. The smallest absolute Gasteiger partial charge is 0.229 e. The minimum Gasteiger partial charge on any atom is -0.326 e. The summed E-state index contributed by atoms with van der Waals surface area (Å²) in [6.45, 7) is 14.8. The Morgan fingerprint density at radius 3 is 1.45 bits per heavy atom. The second kappa shape index (κ2) is 20.8. The number of pyridine rings is 2. The van der Waals surface area contributed by atoms with E-state index in [2.05, 4.69) is 60.3 Å². The zero-order valence-corrected chi connectivity index (χ0v) is 42.3. The summed E-state index contributed by atoms with van der Waals surface area (Å²) in [4.78, 5) is 38.9. The Hall–Kier alpha value is -7.04.